The fourth-order valence-electron chi connectivity index (χ4n) is 6.50. The molecule has 3 rings (SSSR count). The van der Waals surface area contributed by atoms with Crippen LogP contribution in [-0.4, -0.2) is 21.9 Å². The van der Waals surface area contributed by atoms with E-state index in [-0.39, 0.29) is 12.0 Å². The lowest BCUT2D eigenvalue weighted by Crippen LogP contribution is -2.35. The van der Waals surface area contributed by atoms with Crippen LogP contribution in [0.2, 0.25) is 0 Å². The van der Waals surface area contributed by atoms with Gasteiger partial charge >= 0.3 is 0 Å². The minimum Gasteiger partial charge on any atom is -0.393 e. The Labute approximate surface area is 185 Å². The molecule has 0 saturated heterocycles. The van der Waals surface area contributed by atoms with E-state index in [4.69, 9.17) is 0 Å². The number of aliphatic hydroxyl groups excluding tert-OH is 1. The molecule has 7 atom stereocenters. The van der Waals surface area contributed by atoms with Gasteiger partial charge in [0.2, 0.25) is 0 Å². The van der Waals surface area contributed by atoms with Gasteiger partial charge in [0.05, 0.1) is 11.7 Å². The van der Waals surface area contributed by atoms with Crippen molar-refractivity contribution in [1.29, 1.82) is 0 Å². The Morgan fingerprint density at radius 2 is 1.73 bits per heavy atom. The van der Waals surface area contributed by atoms with Crippen molar-refractivity contribution in [2.45, 2.75) is 105 Å². The molecule has 0 aromatic carbocycles. The van der Waals surface area contributed by atoms with E-state index in [0.29, 0.717) is 23.2 Å². The number of hydrogen-bond acceptors (Lipinski definition) is 2. The normalized spacial score (nSPS) is 40.1. The van der Waals surface area contributed by atoms with Gasteiger partial charge in [0, 0.05) is 5.92 Å². The number of aliphatic hydroxyl groups is 2. The zero-order valence-corrected chi connectivity index (χ0v) is 20.3. The molecule has 2 N–H and O–H groups in total. The van der Waals surface area contributed by atoms with Crippen LogP contribution in [0.4, 0.5) is 0 Å². The highest BCUT2D eigenvalue weighted by Gasteiger charge is 2.50. The minimum absolute atomic E-state index is 0.141. The van der Waals surface area contributed by atoms with E-state index in [1.54, 1.807) is 5.57 Å². The zero-order chi connectivity index (χ0) is 22.1. The topological polar surface area (TPSA) is 40.5 Å². The summed E-state index contributed by atoms with van der Waals surface area (Å²) in [6.07, 6.45) is 18.7. The van der Waals surface area contributed by atoms with Crippen molar-refractivity contribution in [3.05, 3.63) is 35.5 Å². The quantitative estimate of drug-likeness (QED) is 0.484. The summed E-state index contributed by atoms with van der Waals surface area (Å²) in [4.78, 5) is 0. The van der Waals surface area contributed by atoms with Gasteiger partial charge in [-0.2, -0.15) is 0 Å². The molecule has 0 spiro atoms. The van der Waals surface area contributed by atoms with Crippen molar-refractivity contribution in [3.63, 3.8) is 0 Å². The summed E-state index contributed by atoms with van der Waals surface area (Å²) in [6, 6.07) is 0. The number of hydrogen-bond donors (Lipinski definition) is 2. The van der Waals surface area contributed by atoms with Gasteiger partial charge in [-0.05, 0) is 94.3 Å². The smallest absolute Gasteiger partial charge is 0.0651 e. The Bertz CT molecular complexity index is 679. The Morgan fingerprint density at radius 1 is 1.03 bits per heavy atom. The number of fused-ring (bicyclic) bond motifs is 1. The molecule has 3 saturated carbocycles. The van der Waals surface area contributed by atoms with Crippen LogP contribution in [0, 0.1) is 35.0 Å². The second-order valence-electron chi connectivity index (χ2n) is 11.6. The van der Waals surface area contributed by atoms with E-state index >= 15 is 0 Å². The first-order valence-corrected chi connectivity index (χ1v) is 12.5. The van der Waals surface area contributed by atoms with E-state index in [2.05, 4.69) is 52.0 Å². The van der Waals surface area contributed by atoms with E-state index in [9.17, 15) is 10.2 Å². The van der Waals surface area contributed by atoms with E-state index in [0.717, 1.165) is 25.2 Å². The fourth-order valence-corrected chi connectivity index (χ4v) is 6.50. The highest BCUT2D eigenvalue weighted by molar-refractivity contribution is 5.27. The Kier molecular flexibility index (Phi) is 7.40. The summed E-state index contributed by atoms with van der Waals surface area (Å²) in [5.41, 5.74) is 2.84. The summed E-state index contributed by atoms with van der Waals surface area (Å²) < 4.78 is 0. The van der Waals surface area contributed by atoms with Crippen molar-refractivity contribution >= 4 is 0 Å². The molecule has 0 aromatic rings. The van der Waals surface area contributed by atoms with Crippen LogP contribution in [0.15, 0.2) is 35.5 Å². The molecule has 0 bridgehead atoms. The van der Waals surface area contributed by atoms with Crippen LogP contribution in [0.5, 0.6) is 0 Å². The highest BCUT2D eigenvalue weighted by Crippen LogP contribution is 2.59. The molecule has 0 unspecified atom stereocenters. The zero-order valence-electron chi connectivity index (χ0n) is 20.3. The second-order valence-corrected chi connectivity index (χ2v) is 11.6. The van der Waals surface area contributed by atoms with E-state index < -0.39 is 5.60 Å². The van der Waals surface area contributed by atoms with Gasteiger partial charge < -0.3 is 10.2 Å². The average Bonchev–Trinajstić information content (AvgIpc) is 3.03. The maximum Gasteiger partial charge on any atom is 0.0651 e. The van der Waals surface area contributed by atoms with Crippen molar-refractivity contribution in [2.75, 3.05) is 0 Å². The number of allylic oxidation sites excluding steroid dienone is 4. The molecule has 0 radical (unpaired) electrons. The minimum atomic E-state index is -0.656. The van der Waals surface area contributed by atoms with Gasteiger partial charge in [-0.15, -0.1) is 0 Å². The Morgan fingerprint density at radius 3 is 2.43 bits per heavy atom. The van der Waals surface area contributed by atoms with Crippen molar-refractivity contribution in [3.8, 4) is 0 Å². The second kappa shape index (κ2) is 9.33. The van der Waals surface area contributed by atoms with Gasteiger partial charge in [0.1, 0.15) is 0 Å². The lowest BCUT2D eigenvalue weighted by molar-refractivity contribution is 0.0436. The van der Waals surface area contributed by atoms with Gasteiger partial charge in [-0.1, -0.05) is 63.1 Å². The lowest BCUT2D eigenvalue weighted by atomic mass is 9.61. The molecular weight excluding hydrogens is 368 g/mol. The lowest BCUT2D eigenvalue weighted by Gasteiger charge is -2.44. The molecule has 0 heterocycles. The van der Waals surface area contributed by atoms with Gasteiger partial charge in [0.25, 0.3) is 0 Å². The van der Waals surface area contributed by atoms with Gasteiger partial charge in [-0.25, -0.2) is 0 Å². The van der Waals surface area contributed by atoms with Gasteiger partial charge in [0.15, 0.2) is 0 Å². The standard InChI is InChI=1S/C28H46O2/c1-19-10-14-24(29)18-23(19)13-12-22-8-7-17-28(6)25(15-16-26(22)28)20(2)9-11-21(3)27(4,5)30/h9,11-13,19-21,24-26,29-30H,7-8,10,14-18H2,1-6H3/b11-9+,22-12+,23-13-/t19-,20+,21-,24-,25+,26-,28+/m0/s1. The van der Waals surface area contributed by atoms with Gasteiger partial charge in [-0.3, -0.25) is 0 Å². The Balaban J connectivity index is 1.74. The monoisotopic (exact) mass is 414 g/mol. The summed E-state index contributed by atoms with van der Waals surface area (Å²) >= 11 is 0. The molecular formula is C28H46O2. The summed E-state index contributed by atoms with van der Waals surface area (Å²) in [5.74, 6) is 2.76. The first-order chi connectivity index (χ1) is 14.0. The van der Waals surface area contributed by atoms with E-state index in [1.807, 2.05) is 13.8 Å². The van der Waals surface area contributed by atoms with Crippen LogP contribution in [-0.2, 0) is 0 Å². The van der Waals surface area contributed by atoms with Crippen LogP contribution in [0.3, 0.4) is 0 Å². The first kappa shape index (κ1) is 23.8. The largest absolute Gasteiger partial charge is 0.393 e. The van der Waals surface area contributed by atoms with Crippen LogP contribution in [0.1, 0.15) is 92.9 Å². The third-order valence-corrected chi connectivity index (χ3v) is 9.04. The molecule has 2 heteroatoms. The summed E-state index contributed by atoms with van der Waals surface area (Å²) in [6.45, 7) is 13.2. The van der Waals surface area contributed by atoms with Crippen LogP contribution < -0.4 is 0 Å². The molecule has 0 amide bonds. The summed E-state index contributed by atoms with van der Waals surface area (Å²) in [7, 11) is 0. The molecule has 30 heavy (non-hydrogen) atoms. The number of rotatable bonds is 5. The Hall–Kier alpha value is -0.860. The molecule has 170 valence electrons. The predicted molar refractivity (Wildman–Crippen MR) is 127 cm³/mol. The summed E-state index contributed by atoms with van der Waals surface area (Å²) in [5, 5.41) is 20.3. The van der Waals surface area contributed by atoms with Crippen LogP contribution in [0.25, 0.3) is 0 Å². The van der Waals surface area contributed by atoms with E-state index in [1.165, 1.54) is 37.7 Å². The molecule has 0 aromatic heterocycles. The molecule has 3 aliphatic rings. The van der Waals surface area contributed by atoms with Crippen molar-refractivity contribution < 1.29 is 10.2 Å². The average molecular weight is 415 g/mol. The first-order valence-electron chi connectivity index (χ1n) is 12.5. The van der Waals surface area contributed by atoms with Crippen molar-refractivity contribution in [2.24, 2.45) is 35.0 Å². The van der Waals surface area contributed by atoms with Crippen molar-refractivity contribution in [1.82, 2.24) is 0 Å². The van der Waals surface area contributed by atoms with Crippen LogP contribution >= 0.6 is 0 Å². The maximum atomic E-state index is 10.3. The molecule has 0 aliphatic heterocycles. The molecule has 3 aliphatic carbocycles. The predicted octanol–water partition coefficient (Wildman–Crippen LogP) is 6.84. The fraction of sp³-hybridized carbons (Fsp3) is 0.786. The highest BCUT2D eigenvalue weighted by atomic mass is 16.3. The molecule has 2 nitrogen and oxygen atoms in total. The molecule has 3 fully saturated rings. The SMILES string of the molecule is C[C@H](/C=C/[C@H](C)C(C)(C)O)[C@H]1CC[C@H]2/C(=C/C=C3/C[C@@H](O)CC[C@@H]3C)CCC[C@]12C. The third-order valence-electron chi connectivity index (χ3n) is 9.04. The maximum absolute atomic E-state index is 10.3. The third kappa shape index (κ3) is 5.13.